The minimum atomic E-state index is 0.594. The quantitative estimate of drug-likeness (QED) is 0.815. The molecule has 1 aromatic rings. The lowest BCUT2D eigenvalue weighted by Crippen LogP contribution is -2.41. The molecule has 4 nitrogen and oxygen atoms in total. The third-order valence-electron chi connectivity index (χ3n) is 3.24. The van der Waals surface area contributed by atoms with E-state index in [1.165, 1.54) is 12.8 Å². The van der Waals surface area contributed by atoms with Crippen LogP contribution in [0.15, 0.2) is 6.20 Å². The standard InChI is InChI=1S/C12H20N4/c1-9-8-14-10(2)12(15-9)16(3)11-4-6-13-7-5-11/h8,11,13H,4-7H2,1-3H3. The molecule has 1 saturated heterocycles. The van der Waals surface area contributed by atoms with E-state index in [9.17, 15) is 0 Å². The summed E-state index contributed by atoms with van der Waals surface area (Å²) >= 11 is 0. The van der Waals surface area contributed by atoms with Gasteiger partial charge in [-0.15, -0.1) is 0 Å². The number of aryl methyl sites for hydroxylation is 2. The Morgan fingerprint density at radius 2 is 2.00 bits per heavy atom. The summed E-state index contributed by atoms with van der Waals surface area (Å²) < 4.78 is 0. The summed E-state index contributed by atoms with van der Waals surface area (Å²) in [4.78, 5) is 11.3. The summed E-state index contributed by atoms with van der Waals surface area (Å²) in [6.07, 6.45) is 4.20. The minimum Gasteiger partial charge on any atom is -0.355 e. The maximum absolute atomic E-state index is 4.59. The second-order valence-corrected chi connectivity index (χ2v) is 4.51. The van der Waals surface area contributed by atoms with E-state index in [1.54, 1.807) is 0 Å². The summed E-state index contributed by atoms with van der Waals surface area (Å²) in [5.41, 5.74) is 2.01. The number of rotatable bonds is 2. The highest BCUT2D eigenvalue weighted by Crippen LogP contribution is 2.20. The number of nitrogens with zero attached hydrogens (tertiary/aromatic N) is 3. The van der Waals surface area contributed by atoms with Crippen molar-refractivity contribution in [2.24, 2.45) is 0 Å². The van der Waals surface area contributed by atoms with E-state index < -0.39 is 0 Å². The predicted octanol–water partition coefficient (Wildman–Crippen LogP) is 1.28. The Labute approximate surface area is 97.1 Å². The highest BCUT2D eigenvalue weighted by Gasteiger charge is 2.20. The number of anilines is 1. The molecule has 0 spiro atoms. The van der Waals surface area contributed by atoms with Crippen LogP contribution in [0.1, 0.15) is 24.2 Å². The van der Waals surface area contributed by atoms with Gasteiger partial charge in [-0.25, -0.2) is 4.98 Å². The first-order valence-electron chi connectivity index (χ1n) is 5.92. The van der Waals surface area contributed by atoms with Crippen LogP contribution in [0.3, 0.4) is 0 Å². The number of hydrogen-bond acceptors (Lipinski definition) is 4. The Hall–Kier alpha value is -1.16. The normalized spacial score (nSPS) is 17.4. The lowest BCUT2D eigenvalue weighted by Gasteiger charge is -2.33. The zero-order valence-corrected chi connectivity index (χ0v) is 10.3. The van der Waals surface area contributed by atoms with Crippen LogP contribution >= 0.6 is 0 Å². The summed E-state index contributed by atoms with van der Waals surface area (Å²) in [5.74, 6) is 1.03. The van der Waals surface area contributed by atoms with Gasteiger partial charge in [0.25, 0.3) is 0 Å². The molecule has 2 rings (SSSR count). The maximum atomic E-state index is 4.59. The molecule has 0 atom stereocenters. The van der Waals surface area contributed by atoms with E-state index in [0.717, 1.165) is 30.3 Å². The van der Waals surface area contributed by atoms with Gasteiger partial charge in [-0.3, -0.25) is 4.98 Å². The first-order chi connectivity index (χ1) is 7.68. The monoisotopic (exact) mass is 220 g/mol. The van der Waals surface area contributed by atoms with Crippen LogP contribution in [-0.2, 0) is 0 Å². The Bertz CT molecular complexity index is 358. The molecule has 4 heteroatoms. The summed E-state index contributed by atoms with van der Waals surface area (Å²) in [7, 11) is 2.13. The van der Waals surface area contributed by atoms with Gasteiger partial charge < -0.3 is 10.2 Å². The third-order valence-corrected chi connectivity index (χ3v) is 3.24. The van der Waals surface area contributed by atoms with E-state index >= 15 is 0 Å². The van der Waals surface area contributed by atoms with E-state index in [4.69, 9.17) is 0 Å². The Kier molecular flexibility index (Phi) is 3.39. The zero-order chi connectivity index (χ0) is 11.5. The molecule has 88 valence electrons. The molecule has 1 aliphatic heterocycles. The molecule has 0 amide bonds. The SMILES string of the molecule is Cc1cnc(C)c(N(C)C2CCNCC2)n1. The van der Waals surface area contributed by atoms with Crippen LogP contribution in [0.25, 0.3) is 0 Å². The lowest BCUT2D eigenvalue weighted by atomic mass is 10.1. The second kappa shape index (κ2) is 4.78. The van der Waals surface area contributed by atoms with Crippen LogP contribution in [0.2, 0.25) is 0 Å². The number of piperidine rings is 1. The van der Waals surface area contributed by atoms with Crippen LogP contribution in [0, 0.1) is 13.8 Å². The molecule has 0 radical (unpaired) electrons. The average molecular weight is 220 g/mol. The van der Waals surface area contributed by atoms with Crippen molar-refractivity contribution in [1.29, 1.82) is 0 Å². The summed E-state index contributed by atoms with van der Waals surface area (Å²) in [5, 5.41) is 3.38. The highest BCUT2D eigenvalue weighted by atomic mass is 15.2. The van der Waals surface area contributed by atoms with Gasteiger partial charge in [-0.2, -0.15) is 0 Å². The molecule has 1 aromatic heterocycles. The maximum Gasteiger partial charge on any atom is 0.150 e. The van der Waals surface area contributed by atoms with E-state index in [0.29, 0.717) is 6.04 Å². The minimum absolute atomic E-state index is 0.594. The van der Waals surface area contributed by atoms with Gasteiger partial charge in [0.05, 0.1) is 11.4 Å². The topological polar surface area (TPSA) is 41.1 Å². The molecule has 1 fully saturated rings. The molecule has 1 aliphatic rings. The van der Waals surface area contributed by atoms with Crippen molar-refractivity contribution in [3.8, 4) is 0 Å². The third kappa shape index (κ3) is 2.32. The smallest absolute Gasteiger partial charge is 0.150 e. The van der Waals surface area contributed by atoms with Gasteiger partial charge in [-0.05, 0) is 39.8 Å². The van der Waals surface area contributed by atoms with Crippen molar-refractivity contribution in [2.75, 3.05) is 25.0 Å². The molecule has 1 N–H and O–H groups in total. The molecule has 16 heavy (non-hydrogen) atoms. The van der Waals surface area contributed by atoms with Crippen LogP contribution in [0.5, 0.6) is 0 Å². The Morgan fingerprint density at radius 1 is 1.31 bits per heavy atom. The van der Waals surface area contributed by atoms with Crippen LogP contribution in [-0.4, -0.2) is 36.1 Å². The van der Waals surface area contributed by atoms with Crippen molar-refractivity contribution < 1.29 is 0 Å². The van der Waals surface area contributed by atoms with E-state index in [1.807, 2.05) is 20.0 Å². The second-order valence-electron chi connectivity index (χ2n) is 4.51. The first kappa shape index (κ1) is 11.3. The lowest BCUT2D eigenvalue weighted by molar-refractivity contribution is 0.441. The van der Waals surface area contributed by atoms with Gasteiger partial charge in [0.15, 0.2) is 0 Å². The number of hydrogen-bond donors (Lipinski definition) is 1. The van der Waals surface area contributed by atoms with Crippen molar-refractivity contribution >= 4 is 5.82 Å². The fourth-order valence-electron chi connectivity index (χ4n) is 2.23. The van der Waals surface area contributed by atoms with Crippen molar-refractivity contribution in [3.05, 3.63) is 17.6 Å². The zero-order valence-electron chi connectivity index (χ0n) is 10.3. The fourth-order valence-corrected chi connectivity index (χ4v) is 2.23. The molecular formula is C12H20N4. The summed E-state index contributed by atoms with van der Waals surface area (Å²) in [6.45, 7) is 6.23. The van der Waals surface area contributed by atoms with Gasteiger partial charge in [-0.1, -0.05) is 0 Å². The first-order valence-corrected chi connectivity index (χ1v) is 5.92. The van der Waals surface area contributed by atoms with Crippen molar-refractivity contribution in [2.45, 2.75) is 32.7 Å². The van der Waals surface area contributed by atoms with Crippen molar-refractivity contribution in [1.82, 2.24) is 15.3 Å². The van der Waals surface area contributed by atoms with Gasteiger partial charge in [0.2, 0.25) is 0 Å². The molecular weight excluding hydrogens is 200 g/mol. The van der Waals surface area contributed by atoms with E-state index in [2.05, 4.69) is 27.2 Å². The Balaban J connectivity index is 2.18. The van der Waals surface area contributed by atoms with Gasteiger partial charge >= 0.3 is 0 Å². The molecule has 0 unspecified atom stereocenters. The van der Waals surface area contributed by atoms with Gasteiger partial charge in [0, 0.05) is 19.3 Å². The van der Waals surface area contributed by atoms with Crippen molar-refractivity contribution in [3.63, 3.8) is 0 Å². The molecule has 0 aromatic carbocycles. The largest absolute Gasteiger partial charge is 0.355 e. The average Bonchev–Trinajstić information content (AvgIpc) is 2.32. The molecule has 2 heterocycles. The number of nitrogens with one attached hydrogen (secondary N) is 1. The van der Waals surface area contributed by atoms with E-state index in [-0.39, 0.29) is 0 Å². The van der Waals surface area contributed by atoms with Crippen LogP contribution in [0.4, 0.5) is 5.82 Å². The molecule has 0 saturated carbocycles. The predicted molar refractivity (Wildman–Crippen MR) is 65.8 cm³/mol. The molecule has 0 bridgehead atoms. The Morgan fingerprint density at radius 3 is 2.69 bits per heavy atom. The fraction of sp³-hybridized carbons (Fsp3) is 0.667. The van der Waals surface area contributed by atoms with Crippen LogP contribution < -0.4 is 10.2 Å². The van der Waals surface area contributed by atoms with Gasteiger partial charge in [0.1, 0.15) is 5.82 Å². The number of aromatic nitrogens is 2. The molecule has 0 aliphatic carbocycles. The highest BCUT2D eigenvalue weighted by molar-refractivity contribution is 5.43. The summed E-state index contributed by atoms with van der Waals surface area (Å²) in [6, 6.07) is 0.594.